The summed E-state index contributed by atoms with van der Waals surface area (Å²) in [6.45, 7) is 6.84. The van der Waals surface area contributed by atoms with Crippen molar-refractivity contribution in [2.24, 2.45) is 0 Å². The van der Waals surface area contributed by atoms with Gasteiger partial charge in [-0.15, -0.1) is 0 Å². The molecule has 4 aromatic rings. The molecule has 2 aromatic heterocycles. The molecule has 0 fully saturated rings. The number of hydrogen-bond acceptors (Lipinski definition) is 3. The van der Waals surface area contributed by atoms with E-state index in [-0.39, 0.29) is 11.9 Å². The normalized spacial score (nSPS) is 12.6. The van der Waals surface area contributed by atoms with E-state index in [2.05, 4.69) is 31.8 Å². The topological polar surface area (TPSA) is 75.6 Å². The number of nitrogens with one attached hydrogen (secondary N) is 2. The number of aryl methyl sites for hydroxylation is 2. The van der Waals surface area contributed by atoms with Crippen molar-refractivity contribution >= 4 is 28.0 Å². The van der Waals surface area contributed by atoms with E-state index in [1.807, 2.05) is 56.3 Å². The molecule has 1 atom stereocenters. The summed E-state index contributed by atoms with van der Waals surface area (Å²) in [4.78, 5) is 25.0. The number of aromatic nitrogens is 4. The van der Waals surface area contributed by atoms with E-state index in [9.17, 15) is 4.79 Å². The van der Waals surface area contributed by atoms with Gasteiger partial charge in [0.15, 0.2) is 0 Å². The smallest absolute Gasteiger partial charge is 0.251 e. The van der Waals surface area contributed by atoms with E-state index < -0.39 is 0 Å². The summed E-state index contributed by atoms with van der Waals surface area (Å²) >= 11 is 0. The van der Waals surface area contributed by atoms with Crippen LogP contribution in [0.15, 0.2) is 42.5 Å². The van der Waals surface area contributed by atoms with Crippen molar-refractivity contribution in [1.29, 1.82) is 0 Å². The first kappa shape index (κ1) is 16.3. The highest BCUT2D eigenvalue weighted by atomic mass is 16.1. The van der Waals surface area contributed by atoms with Crippen LogP contribution in [0.2, 0.25) is 0 Å². The van der Waals surface area contributed by atoms with Crippen LogP contribution in [0, 0.1) is 6.92 Å². The van der Waals surface area contributed by atoms with E-state index in [0.717, 1.165) is 40.3 Å². The number of amides is 1. The van der Waals surface area contributed by atoms with Crippen molar-refractivity contribution in [1.82, 2.24) is 24.8 Å². The largest absolute Gasteiger partial charge is 0.342 e. The van der Waals surface area contributed by atoms with E-state index >= 15 is 0 Å². The Morgan fingerprint density at radius 1 is 1.19 bits per heavy atom. The number of fused-ring (bicyclic) bond motifs is 2. The number of rotatable bonds is 4. The standard InChI is InChI=1S/C20H21N5O/c1-4-25-13(3)22-17-11-14(9-10-18(17)25)20(26)21-12(2)19-23-15-7-5-6-8-16(15)24-19/h5-12H,4H2,1-3H3,(H,21,26)(H,23,24). The zero-order valence-corrected chi connectivity index (χ0v) is 15.1. The molecular formula is C20H21N5O. The SMILES string of the molecule is CCn1c(C)nc2cc(C(=O)NC(C)c3nc4ccccc4[nH]3)ccc21. The van der Waals surface area contributed by atoms with Gasteiger partial charge in [-0.1, -0.05) is 12.1 Å². The molecule has 1 unspecified atom stereocenters. The molecule has 6 nitrogen and oxygen atoms in total. The number of H-pyrrole nitrogens is 1. The number of nitrogens with zero attached hydrogens (tertiary/aromatic N) is 3. The minimum atomic E-state index is -0.222. The maximum atomic E-state index is 12.7. The van der Waals surface area contributed by atoms with Gasteiger partial charge >= 0.3 is 0 Å². The van der Waals surface area contributed by atoms with Crippen LogP contribution in [-0.2, 0) is 6.54 Å². The Balaban J connectivity index is 1.58. The van der Waals surface area contributed by atoms with Crippen LogP contribution in [0.1, 0.15) is 41.9 Å². The van der Waals surface area contributed by atoms with E-state index in [0.29, 0.717) is 5.56 Å². The maximum absolute atomic E-state index is 12.7. The highest BCUT2D eigenvalue weighted by Crippen LogP contribution is 2.19. The van der Waals surface area contributed by atoms with Gasteiger partial charge in [0.05, 0.1) is 28.1 Å². The molecule has 0 aliphatic rings. The first-order valence-electron chi connectivity index (χ1n) is 8.79. The first-order chi connectivity index (χ1) is 12.6. The molecule has 132 valence electrons. The summed E-state index contributed by atoms with van der Waals surface area (Å²) < 4.78 is 2.13. The molecule has 26 heavy (non-hydrogen) atoms. The fraction of sp³-hybridized carbons (Fsp3) is 0.250. The highest BCUT2D eigenvalue weighted by Gasteiger charge is 2.16. The van der Waals surface area contributed by atoms with Crippen molar-refractivity contribution in [3.63, 3.8) is 0 Å². The maximum Gasteiger partial charge on any atom is 0.251 e. The van der Waals surface area contributed by atoms with Crippen LogP contribution < -0.4 is 5.32 Å². The predicted molar refractivity (Wildman–Crippen MR) is 102 cm³/mol. The van der Waals surface area contributed by atoms with Gasteiger partial charge in [-0.05, 0) is 51.1 Å². The Morgan fingerprint density at radius 2 is 2.00 bits per heavy atom. The van der Waals surface area contributed by atoms with E-state index in [1.54, 1.807) is 0 Å². The quantitative estimate of drug-likeness (QED) is 0.590. The molecular weight excluding hydrogens is 326 g/mol. The number of carbonyl (C=O) groups is 1. The van der Waals surface area contributed by atoms with Crippen molar-refractivity contribution in [2.45, 2.75) is 33.4 Å². The van der Waals surface area contributed by atoms with Crippen LogP contribution in [0.4, 0.5) is 0 Å². The average molecular weight is 347 g/mol. The van der Waals surface area contributed by atoms with Crippen LogP contribution in [0.3, 0.4) is 0 Å². The lowest BCUT2D eigenvalue weighted by Gasteiger charge is -2.11. The zero-order valence-electron chi connectivity index (χ0n) is 15.1. The fourth-order valence-electron chi connectivity index (χ4n) is 3.32. The predicted octanol–water partition coefficient (Wildman–Crippen LogP) is 3.73. The van der Waals surface area contributed by atoms with Gasteiger partial charge < -0.3 is 14.9 Å². The minimum Gasteiger partial charge on any atom is -0.342 e. The molecule has 6 heteroatoms. The summed E-state index contributed by atoms with van der Waals surface area (Å²) in [5, 5.41) is 3.01. The van der Waals surface area contributed by atoms with Crippen molar-refractivity contribution < 1.29 is 4.79 Å². The molecule has 0 radical (unpaired) electrons. The molecule has 2 heterocycles. The Hall–Kier alpha value is -3.15. The second-order valence-electron chi connectivity index (χ2n) is 6.44. The van der Waals surface area contributed by atoms with Gasteiger partial charge in [0, 0.05) is 12.1 Å². The Labute approximate surface area is 151 Å². The number of imidazole rings is 2. The summed E-state index contributed by atoms with van der Waals surface area (Å²) in [7, 11) is 0. The number of benzene rings is 2. The monoisotopic (exact) mass is 347 g/mol. The number of para-hydroxylation sites is 2. The second-order valence-corrected chi connectivity index (χ2v) is 6.44. The molecule has 0 aliphatic carbocycles. The lowest BCUT2D eigenvalue weighted by atomic mass is 10.1. The summed E-state index contributed by atoms with van der Waals surface area (Å²) in [5.41, 5.74) is 4.35. The molecule has 2 N–H and O–H groups in total. The van der Waals surface area contributed by atoms with Crippen molar-refractivity contribution in [3.05, 3.63) is 59.7 Å². The van der Waals surface area contributed by atoms with Crippen molar-refractivity contribution in [2.75, 3.05) is 0 Å². The van der Waals surface area contributed by atoms with Gasteiger partial charge in [-0.25, -0.2) is 9.97 Å². The van der Waals surface area contributed by atoms with E-state index in [1.165, 1.54) is 0 Å². The first-order valence-corrected chi connectivity index (χ1v) is 8.79. The molecule has 0 aliphatic heterocycles. The molecule has 0 saturated heterocycles. The van der Waals surface area contributed by atoms with Crippen LogP contribution in [0.25, 0.3) is 22.1 Å². The number of aromatic amines is 1. The van der Waals surface area contributed by atoms with Crippen LogP contribution in [-0.4, -0.2) is 25.4 Å². The number of hydrogen-bond donors (Lipinski definition) is 2. The molecule has 0 bridgehead atoms. The van der Waals surface area contributed by atoms with Crippen LogP contribution >= 0.6 is 0 Å². The zero-order chi connectivity index (χ0) is 18.3. The lowest BCUT2D eigenvalue weighted by molar-refractivity contribution is 0.0938. The van der Waals surface area contributed by atoms with Gasteiger partial charge in [0.25, 0.3) is 5.91 Å². The summed E-state index contributed by atoms with van der Waals surface area (Å²) in [6.07, 6.45) is 0. The molecule has 4 rings (SSSR count). The lowest BCUT2D eigenvalue weighted by Crippen LogP contribution is -2.27. The fourth-order valence-corrected chi connectivity index (χ4v) is 3.32. The van der Waals surface area contributed by atoms with E-state index in [4.69, 9.17) is 0 Å². The second kappa shape index (κ2) is 6.29. The molecule has 1 amide bonds. The minimum absolute atomic E-state index is 0.136. The van der Waals surface area contributed by atoms with Gasteiger partial charge in [0.2, 0.25) is 0 Å². The Kier molecular flexibility index (Phi) is 3.95. The third-order valence-corrected chi connectivity index (χ3v) is 4.68. The Bertz CT molecular complexity index is 1070. The highest BCUT2D eigenvalue weighted by molar-refractivity contribution is 5.97. The third kappa shape index (κ3) is 2.73. The molecule has 0 saturated carbocycles. The average Bonchev–Trinajstić information content (AvgIpc) is 3.20. The molecule has 0 spiro atoms. The van der Waals surface area contributed by atoms with Crippen molar-refractivity contribution in [3.8, 4) is 0 Å². The number of carbonyl (C=O) groups excluding carboxylic acids is 1. The summed E-state index contributed by atoms with van der Waals surface area (Å²) in [6, 6.07) is 13.2. The Morgan fingerprint density at radius 3 is 2.77 bits per heavy atom. The van der Waals surface area contributed by atoms with Gasteiger partial charge in [0.1, 0.15) is 11.6 Å². The van der Waals surface area contributed by atoms with Crippen LogP contribution in [0.5, 0.6) is 0 Å². The molecule has 2 aromatic carbocycles. The van der Waals surface area contributed by atoms with Gasteiger partial charge in [-0.3, -0.25) is 4.79 Å². The van der Waals surface area contributed by atoms with Gasteiger partial charge in [-0.2, -0.15) is 0 Å². The summed E-state index contributed by atoms with van der Waals surface area (Å²) in [5.74, 6) is 1.56. The third-order valence-electron chi connectivity index (χ3n) is 4.68.